The average Bonchev–Trinajstić information content (AvgIpc) is 2.81. The Bertz CT molecular complexity index is 616. The molecule has 1 aromatic heterocycles. The molecule has 0 atom stereocenters. The summed E-state index contributed by atoms with van der Waals surface area (Å²) in [5.41, 5.74) is 6.41. The van der Waals surface area contributed by atoms with Crippen molar-refractivity contribution in [2.75, 3.05) is 12.3 Å². The van der Waals surface area contributed by atoms with E-state index >= 15 is 0 Å². The van der Waals surface area contributed by atoms with Crippen LogP contribution in [0.1, 0.15) is 27.6 Å². The van der Waals surface area contributed by atoms with Gasteiger partial charge in [0.15, 0.2) is 5.82 Å². The molecule has 3 N–H and O–H groups in total. The maximum atomic E-state index is 13.5. The van der Waals surface area contributed by atoms with Crippen LogP contribution in [0.3, 0.4) is 0 Å². The first-order valence-corrected chi connectivity index (χ1v) is 6.10. The largest absolute Gasteiger partial charge is 0.398 e. The van der Waals surface area contributed by atoms with Crippen LogP contribution in [-0.4, -0.2) is 22.6 Å². The molecule has 0 unspecified atom stereocenters. The summed E-state index contributed by atoms with van der Waals surface area (Å²) in [6.07, 6.45) is 0.437. The van der Waals surface area contributed by atoms with Crippen LogP contribution in [-0.2, 0) is 6.42 Å². The zero-order chi connectivity index (χ0) is 14.7. The van der Waals surface area contributed by atoms with Gasteiger partial charge in [-0.3, -0.25) is 4.79 Å². The van der Waals surface area contributed by atoms with E-state index in [4.69, 9.17) is 10.3 Å². The van der Waals surface area contributed by atoms with Crippen molar-refractivity contribution >= 4 is 11.6 Å². The van der Waals surface area contributed by atoms with E-state index in [9.17, 15) is 9.18 Å². The average molecular weight is 278 g/mol. The van der Waals surface area contributed by atoms with Gasteiger partial charge in [0.1, 0.15) is 5.82 Å². The number of hydrogen-bond donors (Lipinski definition) is 2. The highest BCUT2D eigenvalue weighted by Gasteiger charge is 2.11. The fourth-order valence-electron chi connectivity index (χ4n) is 1.66. The molecule has 0 aliphatic rings. The fraction of sp³-hybridized carbons (Fsp3) is 0.308. The van der Waals surface area contributed by atoms with Crippen molar-refractivity contribution < 1.29 is 13.7 Å². The zero-order valence-electron chi connectivity index (χ0n) is 11.2. The molecule has 0 fully saturated rings. The zero-order valence-corrected chi connectivity index (χ0v) is 11.2. The van der Waals surface area contributed by atoms with E-state index < -0.39 is 11.7 Å². The molecule has 0 radical (unpaired) electrons. The molecule has 0 spiro atoms. The number of carbonyl (C=O) groups excluding carboxylic acids is 1. The highest BCUT2D eigenvalue weighted by atomic mass is 19.1. The molecule has 1 amide bonds. The van der Waals surface area contributed by atoms with Gasteiger partial charge in [0.05, 0.1) is 0 Å². The number of nitrogens with one attached hydrogen (secondary N) is 1. The van der Waals surface area contributed by atoms with Crippen molar-refractivity contribution in [3.63, 3.8) is 0 Å². The van der Waals surface area contributed by atoms with Gasteiger partial charge in [-0.1, -0.05) is 5.16 Å². The monoisotopic (exact) mass is 278 g/mol. The van der Waals surface area contributed by atoms with Gasteiger partial charge in [0.25, 0.3) is 5.91 Å². The molecule has 106 valence electrons. The number of hydrogen-bond acceptors (Lipinski definition) is 5. The van der Waals surface area contributed by atoms with Gasteiger partial charge in [-0.2, -0.15) is 4.98 Å². The van der Waals surface area contributed by atoms with E-state index in [1.165, 1.54) is 12.1 Å². The minimum Gasteiger partial charge on any atom is -0.398 e. The predicted molar refractivity (Wildman–Crippen MR) is 70.6 cm³/mol. The molecule has 1 aromatic carbocycles. The van der Waals surface area contributed by atoms with E-state index in [-0.39, 0.29) is 11.3 Å². The molecule has 0 aliphatic heterocycles. The number of nitrogens with zero attached hydrogens (tertiary/aromatic N) is 2. The minimum absolute atomic E-state index is 0.190. The Balaban J connectivity index is 1.95. The number of rotatable bonds is 4. The molecule has 0 saturated heterocycles. The second-order valence-corrected chi connectivity index (χ2v) is 4.41. The molecule has 6 nitrogen and oxygen atoms in total. The van der Waals surface area contributed by atoms with Crippen LogP contribution in [0.25, 0.3) is 0 Å². The lowest BCUT2D eigenvalue weighted by molar-refractivity contribution is 0.0953. The number of anilines is 1. The third-order valence-corrected chi connectivity index (χ3v) is 2.85. The summed E-state index contributed by atoms with van der Waals surface area (Å²) in [7, 11) is 0. The van der Waals surface area contributed by atoms with Crippen molar-refractivity contribution in [3.05, 3.63) is 40.8 Å². The summed E-state index contributed by atoms with van der Waals surface area (Å²) in [6, 6.07) is 2.62. The summed E-state index contributed by atoms with van der Waals surface area (Å²) >= 11 is 0. The van der Waals surface area contributed by atoms with Crippen molar-refractivity contribution in [2.24, 2.45) is 0 Å². The lowest BCUT2D eigenvalue weighted by Crippen LogP contribution is -2.26. The van der Waals surface area contributed by atoms with Gasteiger partial charge >= 0.3 is 0 Å². The molecule has 7 heteroatoms. The summed E-state index contributed by atoms with van der Waals surface area (Å²) in [4.78, 5) is 15.9. The number of amides is 1. The normalized spacial score (nSPS) is 10.6. The third kappa shape index (κ3) is 3.11. The Kier molecular flexibility index (Phi) is 3.97. The first-order valence-electron chi connectivity index (χ1n) is 6.10. The van der Waals surface area contributed by atoms with Crippen LogP contribution < -0.4 is 11.1 Å². The molecule has 0 bridgehead atoms. The number of nitrogen functional groups attached to an aromatic ring is 1. The van der Waals surface area contributed by atoms with Crippen LogP contribution in [0.15, 0.2) is 16.7 Å². The van der Waals surface area contributed by atoms with Crippen LogP contribution in [0.4, 0.5) is 10.1 Å². The molecule has 2 aromatic rings. The Morgan fingerprint density at radius 2 is 2.20 bits per heavy atom. The highest BCUT2D eigenvalue weighted by molar-refractivity contribution is 5.95. The van der Waals surface area contributed by atoms with Gasteiger partial charge in [-0.15, -0.1) is 0 Å². The summed E-state index contributed by atoms with van der Waals surface area (Å²) in [5, 5.41) is 6.36. The van der Waals surface area contributed by atoms with Gasteiger partial charge in [-0.25, -0.2) is 4.39 Å². The molecule has 0 saturated carbocycles. The first kappa shape index (κ1) is 14.0. The molecule has 1 heterocycles. The number of benzene rings is 1. The van der Waals surface area contributed by atoms with E-state index in [0.29, 0.717) is 30.2 Å². The van der Waals surface area contributed by atoms with Crippen LogP contribution in [0.5, 0.6) is 0 Å². The second kappa shape index (κ2) is 5.68. The van der Waals surface area contributed by atoms with Gasteiger partial charge in [0, 0.05) is 36.7 Å². The van der Waals surface area contributed by atoms with Gasteiger partial charge in [0.2, 0.25) is 5.89 Å². The molecule has 0 aliphatic carbocycles. The Hall–Kier alpha value is -2.44. The molecule has 2 rings (SSSR count). The fourth-order valence-corrected chi connectivity index (χ4v) is 1.66. The van der Waals surface area contributed by atoms with Crippen molar-refractivity contribution in [1.82, 2.24) is 15.5 Å². The highest BCUT2D eigenvalue weighted by Crippen LogP contribution is 2.17. The Morgan fingerprint density at radius 3 is 2.80 bits per heavy atom. The smallest absolute Gasteiger partial charge is 0.251 e. The third-order valence-electron chi connectivity index (χ3n) is 2.85. The number of aryl methyl sites for hydroxylation is 1. The quantitative estimate of drug-likeness (QED) is 0.824. The van der Waals surface area contributed by atoms with Gasteiger partial charge < -0.3 is 15.6 Å². The maximum absolute atomic E-state index is 13.5. The Labute approximate surface area is 115 Å². The van der Waals surface area contributed by atoms with E-state index in [0.717, 1.165) is 0 Å². The summed E-state index contributed by atoms with van der Waals surface area (Å²) < 4.78 is 18.3. The minimum atomic E-state index is -0.496. The molecular weight excluding hydrogens is 263 g/mol. The lowest BCUT2D eigenvalue weighted by atomic mass is 10.1. The maximum Gasteiger partial charge on any atom is 0.251 e. The van der Waals surface area contributed by atoms with E-state index in [1.807, 2.05) is 0 Å². The Morgan fingerprint density at radius 1 is 1.45 bits per heavy atom. The van der Waals surface area contributed by atoms with Crippen LogP contribution in [0, 0.1) is 19.7 Å². The van der Waals surface area contributed by atoms with Crippen molar-refractivity contribution in [1.29, 1.82) is 0 Å². The van der Waals surface area contributed by atoms with Crippen LogP contribution >= 0.6 is 0 Å². The summed E-state index contributed by atoms with van der Waals surface area (Å²) in [5.74, 6) is 0.0943. The van der Waals surface area contributed by atoms with Gasteiger partial charge in [-0.05, 0) is 19.1 Å². The predicted octanol–water partition coefficient (Wildman–Crippen LogP) is 1.38. The second-order valence-electron chi connectivity index (χ2n) is 4.41. The number of aromatic nitrogens is 2. The molecule has 20 heavy (non-hydrogen) atoms. The standard InChI is InChI=1S/C13H15FN4O2/c1-7-10(14)5-9(6-11(7)15)13(19)16-4-3-12-17-8(2)20-18-12/h5-6H,3-4,15H2,1-2H3,(H,16,19). The molecular formula is C13H15FN4O2. The van der Waals surface area contributed by atoms with Crippen molar-refractivity contribution in [2.45, 2.75) is 20.3 Å². The number of carbonyl (C=O) groups is 1. The summed E-state index contributed by atoms with van der Waals surface area (Å²) in [6.45, 7) is 3.57. The lowest BCUT2D eigenvalue weighted by Gasteiger charge is -2.07. The SMILES string of the molecule is Cc1nc(CCNC(=O)c2cc(N)c(C)c(F)c2)no1. The van der Waals surface area contributed by atoms with Crippen molar-refractivity contribution in [3.8, 4) is 0 Å². The van der Waals surface area contributed by atoms with E-state index in [1.54, 1.807) is 13.8 Å². The van der Waals surface area contributed by atoms with E-state index in [2.05, 4.69) is 15.5 Å². The topological polar surface area (TPSA) is 94.0 Å². The van der Waals surface area contributed by atoms with Crippen LogP contribution in [0.2, 0.25) is 0 Å². The first-order chi connectivity index (χ1) is 9.47. The number of nitrogens with two attached hydrogens (primary N) is 1. The number of halogens is 1.